The van der Waals surface area contributed by atoms with Gasteiger partial charge in [0.25, 0.3) is 0 Å². The average Bonchev–Trinajstić information content (AvgIpc) is 2.80. The van der Waals surface area contributed by atoms with Crippen LogP contribution in [0.2, 0.25) is 5.02 Å². The van der Waals surface area contributed by atoms with Crippen molar-refractivity contribution in [1.82, 2.24) is 4.98 Å². The Kier molecular flexibility index (Phi) is 5.32. The normalized spacial score (nSPS) is 10.5. The lowest BCUT2D eigenvalue weighted by Gasteiger charge is -2.02. The molecule has 1 aromatic carbocycles. The van der Waals surface area contributed by atoms with Crippen LogP contribution in [0, 0.1) is 13.8 Å². The maximum atomic E-state index is 12.4. The quantitative estimate of drug-likeness (QED) is 0.508. The molecule has 0 atom stereocenters. The van der Waals surface area contributed by atoms with E-state index in [1.54, 1.807) is 26.0 Å². The van der Waals surface area contributed by atoms with E-state index in [0.29, 0.717) is 27.5 Å². The number of halogens is 1. The number of nitrogens with one attached hydrogen (secondary N) is 1. The van der Waals surface area contributed by atoms with E-state index in [1.807, 2.05) is 12.1 Å². The summed E-state index contributed by atoms with van der Waals surface area (Å²) in [6.07, 6.45) is 0. The number of aryl methyl sites for hydroxylation is 1. The molecule has 6 heteroatoms. The Labute approximate surface area is 138 Å². The second-order valence-corrected chi connectivity index (χ2v) is 6.27. The Morgan fingerprint density at radius 2 is 1.86 bits per heavy atom. The average molecular weight is 338 g/mol. The fraction of sp³-hybridized carbons (Fsp3) is 0.250. The lowest BCUT2D eigenvalue weighted by atomic mass is 10.1. The minimum Gasteiger partial charge on any atom is -0.465 e. The van der Waals surface area contributed by atoms with E-state index in [1.165, 1.54) is 18.9 Å². The molecule has 0 amide bonds. The summed E-state index contributed by atoms with van der Waals surface area (Å²) in [6.45, 7) is 3.50. The second kappa shape index (κ2) is 7.03. The van der Waals surface area contributed by atoms with Crippen molar-refractivity contribution in [3.8, 4) is 0 Å². The highest BCUT2D eigenvalue weighted by Gasteiger charge is 2.22. The Hall–Kier alpha value is -1.72. The van der Waals surface area contributed by atoms with Gasteiger partial charge >= 0.3 is 5.97 Å². The van der Waals surface area contributed by atoms with Crippen LogP contribution < -0.4 is 0 Å². The predicted molar refractivity (Wildman–Crippen MR) is 88.1 cm³/mol. The summed E-state index contributed by atoms with van der Waals surface area (Å²) >= 11 is 7.26. The highest BCUT2D eigenvalue weighted by Crippen LogP contribution is 2.24. The number of ketones is 1. The van der Waals surface area contributed by atoms with Crippen molar-refractivity contribution in [2.24, 2.45) is 0 Å². The smallest absolute Gasteiger partial charge is 0.339 e. The van der Waals surface area contributed by atoms with Crippen LogP contribution in [0.5, 0.6) is 0 Å². The molecular formula is C16H16ClNO3S. The number of thioether (sulfide) groups is 1. The first-order chi connectivity index (χ1) is 10.4. The van der Waals surface area contributed by atoms with Crippen molar-refractivity contribution in [1.29, 1.82) is 0 Å². The van der Waals surface area contributed by atoms with Gasteiger partial charge in [-0.1, -0.05) is 11.6 Å². The minimum absolute atomic E-state index is 0.0595. The van der Waals surface area contributed by atoms with Crippen molar-refractivity contribution in [3.63, 3.8) is 0 Å². The molecule has 0 aliphatic rings. The lowest BCUT2D eigenvalue weighted by Crippen LogP contribution is -2.07. The number of carbonyl (C=O) groups excluding carboxylic acids is 2. The van der Waals surface area contributed by atoms with Crippen molar-refractivity contribution >= 4 is 35.1 Å². The van der Waals surface area contributed by atoms with Crippen LogP contribution in [0.1, 0.15) is 32.1 Å². The zero-order valence-electron chi connectivity index (χ0n) is 12.5. The Morgan fingerprint density at radius 1 is 1.23 bits per heavy atom. The topological polar surface area (TPSA) is 59.2 Å². The Bertz CT molecular complexity index is 707. The number of benzene rings is 1. The first-order valence-corrected chi connectivity index (χ1v) is 7.99. The Balaban J connectivity index is 2.13. The van der Waals surface area contributed by atoms with E-state index in [-0.39, 0.29) is 11.5 Å². The number of H-pyrrole nitrogens is 1. The van der Waals surface area contributed by atoms with E-state index < -0.39 is 5.97 Å². The highest BCUT2D eigenvalue weighted by molar-refractivity contribution is 8.00. The number of aromatic nitrogens is 1. The van der Waals surface area contributed by atoms with Gasteiger partial charge in [-0.15, -0.1) is 11.8 Å². The monoisotopic (exact) mass is 337 g/mol. The number of aromatic amines is 1. The number of esters is 1. The molecule has 0 saturated carbocycles. The van der Waals surface area contributed by atoms with Crippen LogP contribution in [-0.4, -0.2) is 29.6 Å². The van der Waals surface area contributed by atoms with Gasteiger partial charge in [-0.25, -0.2) is 4.79 Å². The zero-order chi connectivity index (χ0) is 16.3. The second-order valence-electron chi connectivity index (χ2n) is 4.78. The third-order valence-corrected chi connectivity index (χ3v) is 4.55. The molecule has 4 nitrogen and oxygen atoms in total. The number of hydrogen-bond acceptors (Lipinski definition) is 4. The van der Waals surface area contributed by atoms with E-state index in [0.717, 1.165) is 4.90 Å². The molecule has 0 saturated heterocycles. The molecule has 0 radical (unpaired) electrons. The highest BCUT2D eigenvalue weighted by atomic mass is 35.5. The van der Waals surface area contributed by atoms with Gasteiger partial charge in [0.05, 0.1) is 24.1 Å². The molecule has 1 aromatic heterocycles. The molecule has 2 rings (SSSR count). The van der Waals surface area contributed by atoms with E-state index >= 15 is 0 Å². The zero-order valence-corrected chi connectivity index (χ0v) is 14.1. The van der Waals surface area contributed by atoms with E-state index in [4.69, 9.17) is 16.3 Å². The number of ether oxygens (including phenoxy) is 1. The minimum atomic E-state index is -0.435. The molecule has 0 aliphatic carbocycles. The summed E-state index contributed by atoms with van der Waals surface area (Å²) in [7, 11) is 1.33. The van der Waals surface area contributed by atoms with Crippen LogP contribution >= 0.6 is 23.4 Å². The lowest BCUT2D eigenvalue weighted by molar-refractivity contribution is 0.0599. The summed E-state index contributed by atoms with van der Waals surface area (Å²) in [5.41, 5.74) is 2.16. The molecule has 1 heterocycles. The largest absolute Gasteiger partial charge is 0.465 e. The third-order valence-electron chi connectivity index (χ3n) is 3.29. The van der Waals surface area contributed by atoms with Crippen molar-refractivity contribution in [2.75, 3.05) is 12.9 Å². The maximum absolute atomic E-state index is 12.4. The predicted octanol–water partition coefficient (Wildman–Crippen LogP) is 4.05. The molecule has 116 valence electrons. The number of hydrogen-bond donors (Lipinski definition) is 1. The van der Waals surface area contributed by atoms with Crippen molar-refractivity contribution in [2.45, 2.75) is 18.7 Å². The van der Waals surface area contributed by atoms with Gasteiger partial charge in [0.15, 0.2) is 5.78 Å². The molecule has 2 aromatic rings. The van der Waals surface area contributed by atoms with Gasteiger partial charge < -0.3 is 9.72 Å². The molecule has 0 unspecified atom stereocenters. The molecule has 0 aliphatic heterocycles. The summed E-state index contributed by atoms with van der Waals surface area (Å²) < 4.78 is 4.74. The number of carbonyl (C=O) groups is 2. The van der Waals surface area contributed by atoms with Crippen LogP contribution in [0.15, 0.2) is 29.2 Å². The van der Waals surface area contributed by atoms with Crippen LogP contribution in [0.25, 0.3) is 0 Å². The van der Waals surface area contributed by atoms with Crippen molar-refractivity contribution in [3.05, 3.63) is 51.8 Å². The van der Waals surface area contributed by atoms with Gasteiger partial charge in [-0.3, -0.25) is 4.79 Å². The number of methoxy groups -OCH3 is 1. The van der Waals surface area contributed by atoms with Crippen molar-refractivity contribution < 1.29 is 14.3 Å². The van der Waals surface area contributed by atoms with Crippen LogP contribution in [-0.2, 0) is 4.74 Å². The summed E-state index contributed by atoms with van der Waals surface area (Å²) in [4.78, 5) is 28.0. The van der Waals surface area contributed by atoms with Crippen LogP contribution in [0.3, 0.4) is 0 Å². The summed E-state index contributed by atoms with van der Waals surface area (Å²) in [5, 5.41) is 0.661. The Morgan fingerprint density at radius 3 is 2.45 bits per heavy atom. The molecule has 0 bridgehead atoms. The molecule has 1 N–H and O–H groups in total. The van der Waals surface area contributed by atoms with E-state index in [9.17, 15) is 9.59 Å². The third kappa shape index (κ3) is 3.54. The first kappa shape index (κ1) is 16.6. The van der Waals surface area contributed by atoms with Gasteiger partial charge in [0.2, 0.25) is 0 Å². The van der Waals surface area contributed by atoms with Gasteiger partial charge in [-0.05, 0) is 43.7 Å². The van der Waals surface area contributed by atoms with Gasteiger partial charge in [-0.2, -0.15) is 0 Å². The molecular weight excluding hydrogens is 322 g/mol. The van der Waals surface area contributed by atoms with E-state index in [2.05, 4.69) is 4.98 Å². The molecule has 22 heavy (non-hydrogen) atoms. The van der Waals surface area contributed by atoms with Gasteiger partial charge in [0.1, 0.15) is 0 Å². The summed E-state index contributed by atoms with van der Waals surface area (Å²) in [5.74, 6) is -0.213. The summed E-state index contributed by atoms with van der Waals surface area (Å²) in [6, 6.07) is 7.31. The van der Waals surface area contributed by atoms with Gasteiger partial charge in [0, 0.05) is 15.6 Å². The number of Topliss-reactive ketones (excluding diaryl/α,β-unsaturated/α-hetero) is 1. The van der Waals surface area contributed by atoms with Crippen LogP contribution in [0.4, 0.5) is 0 Å². The first-order valence-electron chi connectivity index (χ1n) is 6.63. The number of rotatable bonds is 5. The molecule has 0 fully saturated rings. The SMILES string of the molecule is COC(=O)c1c(C)[nH]c(C(=O)CSc2ccc(Cl)cc2)c1C. The maximum Gasteiger partial charge on any atom is 0.339 e. The fourth-order valence-corrected chi connectivity index (χ4v) is 3.09. The molecule has 0 spiro atoms. The fourth-order valence-electron chi connectivity index (χ4n) is 2.19. The standard InChI is InChI=1S/C16H16ClNO3S/c1-9-14(16(20)21-3)10(2)18-15(9)13(19)8-22-12-6-4-11(17)5-7-12/h4-7,18H,8H2,1-3H3.